The van der Waals surface area contributed by atoms with Crippen LogP contribution >= 0.6 is 0 Å². The van der Waals surface area contributed by atoms with Crippen LogP contribution in [-0.4, -0.2) is 42.7 Å². The number of rotatable bonds is 1. The molecule has 0 spiro atoms. The number of nitrogens with zero attached hydrogens (tertiary/aromatic N) is 2. The van der Waals surface area contributed by atoms with Crippen LogP contribution in [0.5, 0.6) is 0 Å². The van der Waals surface area contributed by atoms with E-state index in [0.717, 1.165) is 5.69 Å². The Balaban J connectivity index is 1.86. The van der Waals surface area contributed by atoms with Gasteiger partial charge in [-0.1, -0.05) is 0 Å². The number of hydrogen-bond donors (Lipinski definition) is 2. The van der Waals surface area contributed by atoms with E-state index < -0.39 is 0 Å². The summed E-state index contributed by atoms with van der Waals surface area (Å²) >= 11 is 0. The molecule has 2 unspecified atom stereocenters. The van der Waals surface area contributed by atoms with Crippen LogP contribution in [0.1, 0.15) is 6.42 Å². The van der Waals surface area contributed by atoms with Crippen molar-refractivity contribution in [1.29, 1.82) is 0 Å². The standard InChI is InChI=1S/C12H16N4O2/c13-11-2-1-10(4-14-11)16-5-9-7-18-6-8(15-9)3-12(16)17/h1-2,4,8-9,15H,3,5-7H2,(H2,13,14). The molecule has 2 aliphatic rings. The van der Waals surface area contributed by atoms with Gasteiger partial charge in [-0.25, -0.2) is 4.98 Å². The van der Waals surface area contributed by atoms with Crippen LogP contribution in [0.25, 0.3) is 0 Å². The van der Waals surface area contributed by atoms with Gasteiger partial charge in [0.1, 0.15) is 5.82 Å². The SMILES string of the molecule is Nc1ccc(N2CC3COCC(CC2=O)N3)cn1. The smallest absolute Gasteiger partial charge is 0.228 e. The van der Waals surface area contributed by atoms with E-state index in [1.165, 1.54) is 0 Å². The number of carbonyl (C=O) groups excluding carboxylic acids is 1. The lowest BCUT2D eigenvalue weighted by Gasteiger charge is -2.28. The van der Waals surface area contributed by atoms with Crippen molar-refractivity contribution in [3.8, 4) is 0 Å². The number of nitrogens with one attached hydrogen (secondary N) is 1. The van der Waals surface area contributed by atoms with Crippen molar-refractivity contribution >= 4 is 17.4 Å². The number of pyridine rings is 1. The normalized spacial score (nSPS) is 28.0. The maximum Gasteiger partial charge on any atom is 0.228 e. The highest BCUT2D eigenvalue weighted by Crippen LogP contribution is 2.20. The second kappa shape index (κ2) is 4.55. The van der Waals surface area contributed by atoms with Gasteiger partial charge in [0.2, 0.25) is 5.91 Å². The maximum absolute atomic E-state index is 12.2. The van der Waals surface area contributed by atoms with Gasteiger partial charge >= 0.3 is 0 Å². The third kappa shape index (κ3) is 2.16. The van der Waals surface area contributed by atoms with E-state index in [9.17, 15) is 4.79 Å². The fraction of sp³-hybridized carbons (Fsp3) is 0.500. The Labute approximate surface area is 105 Å². The predicted molar refractivity (Wildman–Crippen MR) is 67.2 cm³/mol. The van der Waals surface area contributed by atoms with Crippen molar-refractivity contribution in [2.24, 2.45) is 0 Å². The van der Waals surface area contributed by atoms with Crippen molar-refractivity contribution in [2.45, 2.75) is 18.5 Å². The Hall–Kier alpha value is -1.66. The molecule has 2 aliphatic heterocycles. The lowest BCUT2D eigenvalue weighted by Crippen LogP contribution is -2.50. The van der Waals surface area contributed by atoms with Crippen molar-refractivity contribution in [3.63, 3.8) is 0 Å². The van der Waals surface area contributed by atoms with E-state index in [2.05, 4.69) is 10.3 Å². The monoisotopic (exact) mass is 248 g/mol. The topological polar surface area (TPSA) is 80.5 Å². The number of fused-ring (bicyclic) bond motifs is 2. The van der Waals surface area contributed by atoms with Crippen LogP contribution in [-0.2, 0) is 9.53 Å². The zero-order valence-corrected chi connectivity index (χ0v) is 10.0. The Morgan fingerprint density at radius 3 is 3.00 bits per heavy atom. The van der Waals surface area contributed by atoms with Crippen LogP contribution in [0.2, 0.25) is 0 Å². The maximum atomic E-state index is 12.2. The van der Waals surface area contributed by atoms with Crippen molar-refractivity contribution in [2.75, 3.05) is 30.4 Å². The first kappa shape index (κ1) is 11.4. The van der Waals surface area contributed by atoms with Gasteiger partial charge in [-0.2, -0.15) is 0 Å². The second-order valence-corrected chi connectivity index (χ2v) is 4.75. The Bertz CT molecular complexity index is 448. The Morgan fingerprint density at radius 1 is 1.39 bits per heavy atom. The number of ether oxygens (including phenoxy) is 1. The fourth-order valence-electron chi connectivity index (χ4n) is 2.46. The molecule has 96 valence electrons. The van der Waals surface area contributed by atoms with E-state index >= 15 is 0 Å². The number of anilines is 2. The molecular formula is C12H16N4O2. The van der Waals surface area contributed by atoms with E-state index in [-0.39, 0.29) is 18.0 Å². The molecular weight excluding hydrogens is 232 g/mol. The third-order valence-electron chi connectivity index (χ3n) is 3.32. The van der Waals surface area contributed by atoms with Crippen LogP contribution in [0.3, 0.4) is 0 Å². The van der Waals surface area contributed by atoms with Crippen LogP contribution in [0.4, 0.5) is 11.5 Å². The molecule has 1 aromatic rings. The van der Waals surface area contributed by atoms with Crippen molar-refractivity contribution in [1.82, 2.24) is 10.3 Å². The first-order chi connectivity index (χ1) is 8.72. The lowest BCUT2D eigenvalue weighted by atomic mass is 10.2. The fourth-order valence-corrected chi connectivity index (χ4v) is 2.46. The number of carbonyl (C=O) groups is 1. The van der Waals surface area contributed by atoms with Gasteiger partial charge < -0.3 is 20.7 Å². The molecule has 0 aliphatic carbocycles. The molecule has 6 heteroatoms. The minimum Gasteiger partial charge on any atom is -0.384 e. The molecule has 0 radical (unpaired) electrons. The number of morpholine rings is 1. The quantitative estimate of drug-likeness (QED) is 0.717. The second-order valence-electron chi connectivity index (χ2n) is 4.75. The van der Waals surface area contributed by atoms with Crippen molar-refractivity contribution < 1.29 is 9.53 Å². The third-order valence-corrected chi connectivity index (χ3v) is 3.32. The highest BCUT2D eigenvalue weighted by molar-refractivity contribution is 5.94. The summed E-state index contributed by atoms with van der Waals surface area (Å²) in [6, 6.07) is 3.86. The van der Waals surface area contributed by atoms with Gasteiger partial charge in [-0.3, -0.25) is 4.79 Å². The summed E-state index contributed by atoms with van der Waals surface area (Å²) in [6.45, 7) is 1.86. The van der Waals surface area contributed by atoms with E-state index in [1.54, 1.807) is 17.2 Å². The molecule has 2 fully saturated rings. The highest BCUT2D eigenvalue weighted by Gasteiger charge is 2.32. The highest BCUT2D eigenvalue weighted by atomic mass is 16.5. The molecule has 3 N–H and O–H groups in total. The average molecular weight is 248 g/mol. The molecule has 2 atom stereocenters. The predicted octanol–water partition coefficient (Wildman–Crippen LogP) is -0.242. The Kier molecular flexibility index (Phi) is 2.89. The minimum absolute atomic E-state index is 0.104. The lowest BCUT2D eigenvalue weighted by molar-refractivity contribution is -0.118. The molecule has 2 bridgehead atoms. The summed E-state index contributed by atoms with van der Waals surface area (Å²) in [5, 5.41) is 3.42. The van der Waals surface area contributed by atoms with Gasteiger partial charge in [0, 0.05) is 25.0 Å². The van der Waals surface area contributed by atoms with Gasteiger partial charge in [-0.15, -0.1) is 0 Å². The summed E-state index contributed by atoms with van der Waals surface area (Å²) < 4.78 is 5.49. The molecule has 0 aromatic carbocycles. The van der Waals surface area contributed by atoms with Crippen LogP contribution in [0.15, 0.2) is 18.3 Å². The molecule has 6 nitrogen and oxygen atoms in total. The molecule has 0 saturated carbocycles. The van der Waals surface area contributed by atoms with E-state index in [0.29, 0.717) is 32.0 Å². The Morgan fingerprint density at radius 2 is 2.22 bits per heavy atom. The van der Waals surface area contributed by atoms with Gasteiger partial charge in [0.05, 0.1) is 25.1 Å². The summed E-state index contributed by atoms with van der Waals surface area (Å²) in [5.41, 5.74) is 6.36. The number of aromatic nitrogens is 1. The molecule has 1 amide bonds. The first-order valence-corrected chi connectivity index (χ1v) is 6.08. The minimum atomic E-state index is 0.104. The summed E-state index contributed by atoms with van der Waals surface area (Å²) in [5.74, 6) is 0.563. The number of amides is 1. The summed E-state index contributed by atoms with van der Waals surface area (Å²) in [4.78, 5) is 18.0. The number of hydrogen-bond acceptors (Lipinski definition) is 5. The van der Waals surface area contributed by atoms with Crippen LogP contribution in [0, 0.1) is 0 Å². The summed E-state index contributed by atoms with van der Waals surface area (Å²) in [7, 11) is 0. The zero-order chi connectivity index (χ0) is 12.5. The van der Waals surface area contributed by atoms with Gasteiger partial charge in [-0.05, 0) is 12.1 Å². The van der Waals surface area contributed by atoms with Crippen LogP contribution < -0.4 is 16.0 Å². The molecule has 3 rings (SSSR count). The number of nitrogen functional groups attached to an aromatic ring is 1. The zero-order valence-electron chi connectivity index (χ0n) is 10.0. The molecule has 1 aromatic heterocycles. The van der Waals surface area contributed by atoms with Crippen molar-refractivity contribution in [3.05, 3.63) is 18.3 Å². The average Bonchev–Trinajstić information content (AvgIpc) is 2.47. The largest absolute Gasteiger partial charge is 0.384 e. The molecule has 2 saturated heterocycles. The molecule has 3 heterocycles. The van der Waals surface area contributed by atoms with Gasteiger partial charge in [0.25, 0.3) is 0 Å². The van der Waals surface area contributed by atoms with Gasteiger partial charge in [0.15, 0.2) is 0 Å². The first-order valence-electron chi connectivity index (χ1n) is 6.08. The van der Waals surface area contributed by atoms with E-state index in [4.69, 9.17) is 10.5 Å². The molecule has 18 heavy (non-hydrogen) atoms. The van der Waals surface area contributed by atoms with E-state index in [1.807, 2.05) is 6.07 Å². The number of nitrogens with two attached hydrogens (primary N) is 1. The summed E-state index contributed by atoms with van der Waals surface area (Å²) in [6.07, 6.45) is 2.10.